The molecule has 0 amide bonds. The van der Waals surface area contributed by atoms with Crippen LogP contribution in [0.3, 0.4) is 0 Å². The van der Waals surface area contributed by atoms with Crippen LogP contribution in [0.15, 0.2) is 53.1 Å². The fraction of sp³-hybridized carbons (Fsp3) is 0.519. The summed E-state index contributed by atoms with van der Waals surface area (Å²) in [7, 11) is 1.50. The number of allylic oxidation sites excluding steroid dienone is 6. The Labute approximate surface area is 216 Å². The molecule has 0 bridgehead atoms. The predicted octanol–water partition coefficient (Wildman–Crippen LogP) is 7.19. The molecule has 37 heavy (non-hydrogen) atoms. The minimum absolute atomic E-state index is 0.0581. The summed E-state index contributed by atoms with van der Waals surface area (Å²) in [6.07, 6.45) is 2.24. The molecule has 0 saturated heterocycles. The van der Waals surface area contributed by atoms with Crippen LogP contribution in [0.5, 0.6) is 0 Å². The van der Waals surface area contributed by atoms with Gasteiger partial charge in [0, 0.05) is 17.7 Å². The van der Waals surface area contributed by atoms with E-state index in [4.69, 9.17) is 21.0 Å². The number of unbranched alkanes of at least 4 members (excludes halogenated alkanes) is 1. The van der Waals surface area contributed by atoms with Crippen LogP contribution in [0.4, 0.5) is 27.6 Å². The first-order valence-corrected chi connectivity index (χ1v) is 12.0. The average molecular weight is 534 g/mol. The van der Waals surface area contributed by atoms with Gasteiger partial charge in [0.15, 0.2) is 5.83 Å². The number of aliphatic hydroxyl groups excluding tert-OH is 1. The van der Waals surface area contributed by atoms with Gasteiger partial charge >= 0.3 is 6.18 Å². The minimum Gasteiger partial charge on any atom is -0.498 e. The normalized spacial score (nSPS) is 14.6. The van der Waals surface area contributed by atoms with E-state index in [0.717, 1.165) is 31.8 Å². The lowest BCUT2D eigenvalue weighted by molar-refractivity contribution is -0.0915. The molecule has 0 aromatic heterocycles. The molecule has 5 N–H and O–H groups in total. The van der Waals surface area contributed by atoms with Gasteiger partial charge in [-0.25, -0.2) is 8.78 Å². The van der Waals surface area contributed by atoms with Gasteiger partial charge in [-0.05, 0) is 82.7 Å². The first kappa shape index (κ1) is 34.3. The molecule has 0 aliphatic heterocycles. The fourth-order valence-corrected chi connectivity index (χ4v) is 3.07. The van der Waals surface area contributed by atoms with Crippen LogP contribution in [-0.4, -0.2) is 37.4 Å². The van der Waals surface area contributed by atoms with Gasteiger partial charge in [0.2, 0.25) is 0 Å². The van der Waals surface area contributed by atoms with E-state index in [-0.39, 0.29) is 18.2 Å². The Morgan fingerprint density at radius 1 is 1.24 bits per heavy atom. The first-order valence-electron chi connectivity index (χ1n) is 12.0. The molecule has 10 heteroatoms. The number of rotatable bonds is 9. The molecule has 1 aromatic rings. The Balaban J connectivity index is 0.000000543. The van der Waals surface area contributed by atoms with E-state index in [0.29, 0.717) is 42.3 Å². The summed E-state index contributed by atoms with van der Waals surface area (Å²) in [5.74, 6) is 0.165. The molecule has 0 saturated carbocycles. The Kier molecular flexibility index (Phi) is 16.4. The number of hydrogen-bond donors (Lipinski definition) is 4. The Morgan fingerprint density at radius 2 is 1.89 bits per heavy atom. The van der Waals surface area contributed by atoms with Crippen molar-refractivity contribution >= 4 is 11.4 Å². The third-order valence-corrected chi connectivity index (χ3v) is 5.47. The highest BCUT2D eigenvalue weighted by molar-refractivity contribution is 5.96. The number of benzene rings is 1. The number of hydrogen-bond acceptors (Lipinski definition) is 5. The van der Waals surface area contributed by atoms with Crippen molar-refractivity contribution < 1.29 is 31.8 Å². The van der Waals surface area contributed by atoms with Crippen molar-refractivity contribution in [3.63, 3.8) is 0 Å². The number of nitrogen functional groups attached to an aromatic ring is 1. The van der Waals surface area contributed by atoms with Crippen LogP contribution >= 0.6 is 0 Å². The molecule has 1 aliphatic rings. The van der Waals surface area contributed by atoms with Gasteiger partial charge in [0.1, 0.15) is 11.6 Å². The van der Waals surface area contributed by atoms with Gasteiger partial charge in [-0.1, -0.05) is 24.6 Å². The summed E-state index contributed by atoms with van der Waals surface area (Å²) in [6, 6.07) is 4.35. The van der Waals surface area contributed by atoms with Gasteiger partial charge in [-0.15, -0.1) is 0 Å². The third-order valence-electron chi connectivity index (χ3n) is 5.47. The zero-order valence-corrected chi connectivity index (χ0v) is 22.2. The number of anilines is 1. The maximum atomic E-state index is 12.8. The van der Waals surface area contributed by atoms with Crippen LogP contribution in [0.1, 0.15) is 65.4 Å². The lowest BCUT2D eigenvalue weighted by Crippen LogP contribution is -2.21. The Bertz CT molecular complexity index is 940. The van der Waals surface area contributed by atoms with Gasteiger partial charge in [-0.2, -0.15) is 13.2 Å². The number of nitrogens with one attached hydrogen (secondary N) is 2. The summed E-state index contributed by atoms with van der Waals surface area (Å²) < 4.78 is 66.6. The van der Waals surface area contributed by atoms with E-state index in [1.54, 1.807) is 13.0 Å². The van der Waals surface area contributed by atoms with Crippen molar-refractivity contribution in [1.82, 2.24) is 5.32 Å². The van der Waals surface area contributed by atoms with Gasteiger partial charge in [-0.3, -0.25) is 5.32 Å². The Hall–Kier alpha value is -2.72. The first-order chi connectivity index (χ1) is 17.2. The highest BCUT2D eigenvalue weighted by Crippen LogP contribution is 2.26. The molecule has 0 fully saturated rings. The second kappa shape index (κ2) is 17.7. The molecule has 5 nitrogen and oxygen atoms in total. The van der Waals surface area contributed by atoms with Crippen molar-refractivity contribution in [1.29, 1.82) is 5.41 Å². The van der Waals surface area contributed by atoms with Crippen molar-refractivity contribution in [2.75, 3.05) is 26.1 Å². The van der Waals surface area contributed by atoms with Crippen LogP contribution in [0, 0.1) is 17.1 Å². The monoisotopic (exact) mass is 533 g/mol. The summed E-state index contributed by atoms with van der Waals surface area (Å²) in [5, 5.41) is 18.5. The largest absolute Gasteiger partial charge is 0.498 e. The number of nitrogens with two attached hydrogens (primary N) is 1. The number of methoxy groups -OCH3 is 1. The van der Waals surface area contributed by atoms with Crippen LogP contribution in [0.2, 0.25) is 0 Å². The maximum absolute atomic E-state index is 12.8. The highest BCUT2D eigenvalue weighted by atomic mass is 19.4. The van der Waals surface area contributed by atoms with Crippen molar-refractivity contribution in [2.45, 2.75) is 66.0 Å². The molecule has 1 atom stereocenters. The second-order valence-electron chi connectivity index (χ2n) is 8.86. The van der Waals surface area contributed by atoms with E-state index >= 15 is 0 Å². The summed E-state index contributed by atoms with van der Waals surface area (Å²) in [4.78, 5) is 0. The van der Waals surface area contributed by atoms with Crippen molar-refractivity contribution in [3.8, 4) is 0 Å². The average Bonchev–Trinajstić information content (AvgIpc) is 2.82. The van der Waals surface area contributed by atoms with Crippen LogP contribution in [-0.2, 0) is 4.74 Å². The molecule has 0 heterocycles. The lowest BCUT2D eigenvalue weighted by Gasteiger charge is -2.11. The molecule has 1 aliphatic carbocycles. The summed E-state index contributed by atoms with van der Waals surface area (Å²) in [6.45, 7) is 7.26. The van der Waals surface area contributed by atoms with Crippen molar-refractivity contribution in [3.05, 3.63) is 64.5 Å². The smallest absolute Gasteiger partial charge is 0.412 e. The van der Waals surface area contributed by atoms with E-state index in [1.807, 2.05) is 13.8 Å². The zero-order valence-electron chi connectivity index (χ0n) is 22.2. The topological polar surface area (TPSA) is 91.4 Å². The minimum atomic E-state index is -4.19. The van der Waals surface area contributed by atoms with Gasteiger partial charge in [0.25, 0.3) is 0 Å². The van der Waals surface area contributed by atoms with Crippen LogP contribution in [0.25, 0.3) is 0 Å². The molecule has 1 aromatic carbocycles. The molecule has 210 valence electrons. The number of ether oxygens (including phenoxy) is 1. The molecule has 1 unspecified atom stereocenters. The summed E-state index contributed by atoms with van der Waals surface area (Å²) >= 11 is 0. The lowest BCUT2D eigenvalue weighted by atomic mass is 10.0. The second-order valence-corrected chi connectivity index (χ2v) is 8.86. The third kappa shape index (κ3) is 15.2. The molecular weight excluding hydrogens is 493 g/mol. The fourth-order valence-electron chi connectivity index (χ4n) is 3.07. The van der Waals surface area contributed by atoms with Crippen molar-refractivity contribution in [2.24, 2.45) is 5.92 Å². The van der Waals surface area contributed by atoms with E-state index in [2.05, 4.69) is 5.32 Å². The standard InChI is InChI=1S/C11H20F3NO.C8H9FN2.C8H11FO/c1-9(7-15-8-16)5-3-4-6-10(2)11(12,13)14;1-5(10)6-2-3-8(11)7(9)4-6;1-6-3-4-8(10-2)7(9)5-6/h6,9,15-16H,3-5,7-8H2,1-2H3;2-4,10H,11H2,1H3;5H,3-4H2,1-2H3/b10-6-;;. The maximum Gasteiger partial charge on any atom is 0.412 e. The number of alkyl halides is 3. The number of halogens is 5. The highest BCUT2D eigenvalue weighted by Gasteiger charge is 2.29. The molecule has 0 spiro atoms. The van der Waals surface area contributed by atoms with Gasteiger partial charge in [0.05, 0.1) is 19.5 Å². The van der Waals surface area contributed by atoms with Gasteiger partial charge < -0.3 is 21.0 Å². The van der Waals surface area contributed by atoms with E-state index in [1.165, 1.54) is 31.4 Å². The van der Waals surface area contributed by atoms with E-state index < -0.39 is 17.6 Å². The number of aliphatic hydroxyl groups is 1. The summed E-state index contributed by atoms with van der Waals surface area (Å²) in [5.41, 5.74) is 6.83. The molecule has 0 radical (unpaired) electrons. The molecule has 2 rings (SSSR count). The molecular formula is C27H40F5N3O2. The zero-order chi connectivity index (χ0) is 28.6. The predicted molar refractivity (Wildman–Crippen MR) is 139 cm³/mol. The van der Waals surface area contributed by atoms with Crippen LogP contribution < -0.4 is 11.1 Å². The quantitative estimate of drug-likeness (QED) is 0.0675. The SMILES string of the molecule is C/C(=C/CCCC(C)CNCO)C(F)(F)F.CC(=N)c1ccc(N)c(F)c1.COC1=C(F)C=C(C)CC1. The Morgan fingerprint density at radius 3 is 2.38 bits per heavy atom. The van der Waals surface area contributed by atoms with E-state index in [9.17, 15) is 22.0 Å².